The molecule has 20 heavy (non-hydrogen) atoms. The number of hydrogen-bond acceptors (Lipinski definition) is 6. The number of likely N-dealkylation sites (tertiary alicyclic amines) is 1. The molecule has 3 N–H and O–H groups in total. The highest BCUT2D eigenvalue weighted by Gasteiger charge is 2.67. The van der Waals surface area contributed by atoms with Crippen molar-refractivity contribution < 1.29 is 34.4 Å². The van der Waals surface area contributed by atoms with Crippen molar-refractivity contribution in [3.63, 3.8) is 0 Å². The summed E-state index contributed by atoms with van der Waals surface area (Å²) in [6.07, 6.45) is -2.16. The zero-order valence-corrected chi connectivity index (χ0v) is 11.6. The third-order valence-electron chi connectivity index (χ3n) is 3.47. The molecule has 0 bridgehead atoms. The molecule has 0 radical (unpaired) electrons. The highest BCUT2D eigenvalue weighted by atomic mass is 16.6. The number of aliphatic hydroxyl groups is 2. The lowest BCUT2D eigenvalue weighted by Gasteiger charge is -2.48. The fourth-order valence-electron chi connectivity index (χ4n) is 2.35. The van der Waals surface area contributed by atoms with E-state index in [9.17, 15) is 19.8 Å². The number of nitrogens with zero attached hydrogens (tertiary/aromatic N) is 1. The lowest BCUT2D eigenvalue weighted by Crippen LogP contribution is -2.71. The zero-order valence-electron chi connectivity index (χ0n) is 11.6. The Hall–Kier alpha value is -1.38. The van der Waals surface area contributed by atoms with E-state index in [1.54, 1.807) is 20.8 Å². The zero-order chi connectivity index (χ0) is 15.3. The van der Waals surface area contributed by atoms with Crippen molar-refractivity contribution in [3.05, 3.63) is 0 Å². The van der Waals surface area contributed by atoms with Gasteiger partial charge >= 0.3 is 12.1 Å². The number of carboxylic acids is 1. The molecule has 0 aromatic carbocycles. The topological polar surface area (TPSA) is 117 Å². The summed E-state index contributed by atoms with van der Waals surface area (Å²) in [5, 5.41) is 28.8. The van der Waals surface area contributed by atoms with Crippen LogP contribution in [0.5, 0.6) is 0 Å². The molecular formula is C12H19NO7. The van der Waals surface area contributed by atoms with E-state index < -0.39 is 41.6 Å². The van der Waals surface area contributed by atoms with Gasteiger partial charge in [0.1, 0.15) is 17.3 Å². The second kappa shape index (κ2) is 4.31. The van der Waals surface area contributed by atoms with Gasteiger partial charge in [0.2, 0.25) is 5.60 Å². The number of carbonyl (C=O) groups excluding carboxylic acids is 1. The average Bonchev–Trinajstić information content (AvgIpc) is 2.49. The first-order valence-corrected chi connectivity index (χ1v) is 6.26. The van der Waals surface area contributed by atoms with Crippen molar-refractivity contribution in [1.29, 1.82) is 0 Å². The maximum atomic E-state index is 11.8. The van der Waals surface area contributed by atoms with Gasteiger partial charge in [0.15, 0.2) is 0 Å². The van der Waals surface area contributed by atoms with Crippen LogP contribution in [-0.2, 0) is 14.3 Å². The highest BCUT2D eigenvalue weighted by molar-refractivity contribution is 5.79. The van der Waals surface area contributed by atoms with Crippen LogP contribution in [0.2, 0.25) is 0 Å². The van der Waals surface area contributed by atoms with Gasteiger partial charge in [0, 0.05) is 0 Å². The van der Waals surface area contributed by atoms with Gasteiger partial charge in [-0.1, -0.05) is 0 Å². The Morgan fingerprint density at radius 2 is 1.90 bits per heavy atom. The summed E-state index contributed by atoms with van der Waals surface area (Å²) in [5.74, 6) is -1.54. The Kier molecular flexibility index (Phi) is 3.23. The summed E-state index contributed by atoms with van der Waals surface area (Å²) in [5.41, 5.74) is -4.21. The van der Waals surface area contributed by atoms with Crippen LogP contribution < -0.4 is 0 Å². The maximum absolute atomic E-state index is 11.8. The first-order valence-electron chi connectivity index (χ1n) is 6.26. The van der Waals surface area contributed by atoms with Gasteiger partial charge in [-0.2, -0.15) is 0 Å². The molecule has 8 heteroatoms. The summed E-state index contributed by atoms with van der Waals surface area (Å²) < 4.78 is 10.4. The number of amides is 1. The molecular weight excluding hydrogens is 270 g/mol. The van der Waals surface area contributed by atoms with Gasteiger partial charge in [-0.25, -0.2) is 9.59 Å². The van der Waals surface area contributed by atoms with E-state index >= 15 is 0 Å². The quantitative estimate of drug-likeness (QED) is 0.577. The first kappa shape index (κ1) is 15.0. The third-order valence-corrected chi connectivity index (χ3v) is 3.47. The van der Waals surface area contributed by atoms with Crippen LogP contribution in [0, 0.1) is 0 Å². The SMILES string of the molecule is CC(C)(C)OC(=O)N1CC2(C1)OCC(O)(C(=O)O)C2O. The van der Waals surface area contributed by atoms with Crippen LogP contribution in [0.15, 0.2) is 0 Å². The first-order chi connectivity index (χ1) is 9.00. The molecule has 2 aliphatic heterocycles. The molecule has 2 fully saturated rings. The standard InChI is InChI=1S/C12H19NO7/c1-10(2,3)20-9(17)13-4-11(5-13)7(14)12(18,6-19-11)8(15)16/h7,14,18H,4-6H2,1-3H3,(H,15,16). The third kappa shape index (κ3) is 2.23. The summed E-state index contributed by atoms with van der Waals surface area (Å²) in [6.45, 7) is 4.64. The van der Waals surface area contributed by atoms with E-state index in [4.69, 9.17) is 14.6 Å². The van der Waals surface area contributed by atoms with Crippen molar-refractivity contribution in [2.45, 2.75) is 43.7 Å². The summed E-state index contributed by atoms with van der Waals surface area (Å²) >= 11 is 0. The molecule has 1 amide bonds. The van der Waals surface area contributed by atoms with Crippen LogP contribution in [0.4, 0.5) is 4.79 Å². The molecule has 114 valence electrons. The molecule has 2 unspecified atom stereocenters. The summed E-state index contributed by atoms with van der Waals surface area (Å²) in [7, 11) is 0. The Labute approximate surface area is 115 Å². The van der Waals surface area contributed by atoms with E-state index in [1.807, 2.05) is 0 Å². The predicted octanol–water partition coefficient (Wildman–Crippen LogP) is -0.817. The molecule has 2 saturated heterocycles. The molecule has 2 heterocycles. The van der Waals surface area contributed by atoms with Crippen molar-refractivity contribution >= 4 is 12.1 Å². The normalized spacial score (nSPS) is 32.0. The number of aliphatic hydroxyl groups excluding tert-OH is 1. The lowest BCUT2D eigenvalue weighted by molar-refractivity contribution is -0.175. The molecule has 0 aromatic rings. The minimum atomic E-state index is -2.33. The number of aliphatic carboxylic acids is 1. The van der Waals surface area contributed by atoms with Gasteiger partial charge in [0.05, 0.1) is 19.7 Å². The minimum Gasteiger partial charge on any atom is -0.479 e. The minimum absolute atomic E-state index is 0.0152. The summed E-state index contributed by atoms with van der Waals surface area (Å²) in [4.78, 5) is 24.0. The smallest absolute Gasteiger partial charge is 0.410 e. The molecule has 2 atom stereocenters. The fraction of sp³-hybridized carbons (Fsp3) is 0.833. The van der Waals surface area contributed by atoms with Crippen LogP contribution in [0.3, 0.4) is 0 Å². The number of ether oxygens (including phenoxy) is 2. The second-order valence-corrected chi connectivity index (χ2v) is 6.32. The molecule has 1 spiro atoms. The van der Waals surface area contributed by atoms with Crippen molar-refractivity contribution in [1.82, 2.24) is 4.90 Å². The van der Waals surface area contributed by atoms with E-state index in [0.717, 1.165) is 0 Å². The number of carbonyl (C=O) groups is 2. The highest BCUT2D eigenvalue weighted by Crippen LogP contribution is 2.40. The van der Waals surface area contributed by atoms with E-state index in [0.29, 0.717) is 0 Å². The van der Waals surface area contributed by atoms with Crippen LogP contribution in [0.25, 0.3) is 0 Å². The van der Waals surface area contributed by atoms with Crippen LogP contribution in [0.1, 0.15) is 20.8 Å². The molecule has 8 nitrogen and oxygen atoms in total. The number of carboxylic acid groups (broad SMARTS) is 1. The fourth-order valence-corrected chi connectivity index (χ4v) is 2.35. The Morgan fingerprint density at radius 1 is 1.35 bits per heavy atom. The van der Waals surface area contributed by atoms with Gasteiger partial charge in [-0.15, -0.1) is 0 Å². The summed E-state index contributed by atoms with van der Waals surface area (Å²) in [6, 6.07) is 0. The monoisotopic (exact) mass is 289 g/mol. The van der Waals surface area contributed by atoms with Gasteiger partial charge < -0.3 is 29.7 Å². The van der Waals surface area contributed by atoms with E-state index in [-0.39, 0.29) is 13.1 Å². The predicted molar refractivity (Wildman–Crippen MR) is 65.1 cm³/mol. The van der Waals surface area contributed by atoms with Gasteiger partial charge in [-0.05, 0) is 20.8 Å². The Bertz CT molecular complexity index is 438. The largest absolute Gasteiger partial charge is 0.479 e. The molecule has 2 rings (SSSR count). The van der Waals surface area contributed by atoms with Gasteiger partial charge in [-0.3, -0.25) is 0 Å². The molecule has 0 aromatic heterocycles. The average molecular weight is 289 g/mol. The van der Waals surface area contributed by atoms with Crippen LogP contribution in [-0.4, -0.2) is 74.9 Å². The molecule has 2 aliphatic rings. The van der Waals surface area contributed by atoms with Crippen LogP contribution >= 0.6 is 0 Å². The number of rotatable bonds is 1. The molecule has 0 aliphatic carbocycles. The van der Waals surface area contributed by atoms with Crippen molar-refractivity contribution in [2.75, 3.05) is 19.7 Å². The van der Waals surface area contributed by atoms with E-state index in [2.05, 4.69) is 0 Å². The number of hydrogen-bond donors (Lipinski definition) is 3. The second-order valence-electron chi connectivity index (χ2n) is 6.32. The molecule has 0 saturated carbocycles. The van der Waals surface area contributed by atoms with E-state index in [1.165, 1.54) is 4.90 Å². The van der Waals surface area contributed by atoms with Gasteiger partial charge in [0.25, 0.3) is 0 Å². The Morgan fingerprint density at radius 3 is 2.30 bits per heavy atom. The maximum Gasteiger partial charge on any atom is 0.410 e. The van der Waals surface area contributed by atoms with Crippen molar-refractivity contribution in [2.24, 2.45) is 0 Å². The lowest BCUT2D eigenvalue weighted by atomic mass is 9.82. The Balaban J connectivity index is 1.99. The van der Waals surface area contributed by atoms with Crippen molar-refractivity contribution in [3.8, 4) is 0 Å².